The minimum atomic E-state index is -1.40. The predicted octanol–water partition coefficient (Wildman–Crippen LogP) is 2.32. The summed E-state index contributed by atoms with van der Waals surface area (Å²) in [7, 11) is 0. The summed E-state index contributed by atoms with van der Waals surface area (Å²) >= 11 is 1.76. The van der Waals surface area contributed by atoms with Crippen LogP contribution in [0, 0.1) is 17.3 Å². The van der Waals surface area contributed by atoms with Gasteiger partial charge in [0.1, 0.15) is 12.4 Å². The molecule has 4 atom stereocenters. The summed E-state index contributed by atoms with van der Waals surface area (Å²) in [5.74, 6) is -2.22. The van der Waals surface area contributed by atoms with E-state index >= 15 is 0 Å². The van der Waals surface area contributed by atoms with Crippen LogP contribution in [-0.2, 0) is 20.8 Å². The van der Waals surface area contributed by atoms with Gasteiger partial charge in [-0.05, 0) is 42.0 Å². The molecule has 43 heavy (non-hydrogen) atoms. The van der Waals surface area contributed by atoms with Crippen molar-refractivity contribution in [3.8, 4) is 5.75 Å². The number of aliphatic carboxylic acids is 1. The molecular formula is C33H37N3O6S. The summed E-state index contributed by atoms with van der Waals surface area (Å²) in [6.45, 7) is 6.93. The number of carbonyl (C=O) groups excluding carboxylic acids is 3. The number of aliphatic hydroxyl groups is 1. The zero-order chi connectivity index (χ0) is 30.3. The Hall–Kier alpha value is -3.47. The van der Waals surface area contributed by atoms with Gasteiger partial charge in [0.2, 0.25) is 5.91 Å². The quantitative estimate of drug-likeness (QED) is 0.285. The van der Waals surface area contributed by atoms with Gasteiger partial charge in [0.15, 0.2) is 6.54 Å². The molecule has 2 amide bonds. The fourth-order valence-corrected chi connectivity index (χ4v) is 9.71. The molecule has 3 aromatic rings. The topological polar surface area (TPSA) is 133 Å². The van der Waals surface area contributed by atoms with E-state index in [1.165, 1.54) is 15.2 Å². The minimum Gasteiger partial charge on any atom is -0.543 e. The van der Waals surface area contributed by atoms with Crippen LogP contribution in [0.3, 0.4) is 0 Å². The van der Waals surface area contributed by atoms with Crippen LogP contribution in [0.5, 0.6) is 5.75 Å². The summed E-state index contributed by atoms with van der Waals surface area (Å²) < 4.78 is 9.56. The average Bonchev–Trinajstić information content (AvgIpc) is 3.46. The number of carboxylic acid groups (broad SMARTS) is 1. The number of benzene rings is 2. The molecule has 6 heterocycles. The number of carboxylic acids is 1. The number of aliphatic hydroxyl groups excluding tert-OH is 1. The molecule has 3 unspecified atom stereocenters. The number of hydrogen-bond donors (Lipinski definition) is 2. The van der Waals surface area contributed by atoms with Gasteiger partial charge < -0.3 is 34.9 Å². The highest BCUT2D eigenvalue weighted by Crippen LogP contribution is 2.50. The zero-order valence-electron chi connectivity index (χ0n) is 24.5. The molecule has 2 bridgehead atoms. The van der Waals surface area contributed by atoms with E-state index in [0.29, 0.717) is 17.9 Å². The van der Waals surface area contributed by atoms with E-state index in [2.05, 4.69) is 24.3 Å². The monoisotopic (exact) mass is 603 g/mol. The van der Waals surface area contributed by atoms with E-state index in [-0.39, 0.29) is 35.5 Å². The normalized spacial score (nSPS) is 30.5. The van der Waals surface area contributed by atoms with Crippen molar-refractivity contribution in [2.45, 2.75) is 51.7 Å². The summed E-state index contributed by atoms with van der Waals surface area (Å²) in [5.41, 5.74) is 7.53. The van der Waals surface area contributed by atoms with Crippen LogP contribution in [0.25, 0.3) is 20.2 Å². The van der Waals surface area contributed by atoms with Crippen molar-refractivity contribution in [1.29, 1.82) is 0 Å². The maximum absolute atomic E-state index is 12.7. The SMILES string of the molecule is CC(O)C1C(=O)N2C(C(=O)[O-])=C(COc3cccc4sc5c(CC67CC[N+](CC(N)=O)(CC6)CC7)cccc5c34)[C@H](C)C12. The molecule has 9 nitrogen and oxygen atoms in total. The van der Waals surface area contributed by atoms with E-state index in [1.54, 1.807) is 18.3 Å². The first kappa shape index (κ1) is 28.3. The number of piperidine rings is 3. The van der Waals surface area contributed by atoms with Crippen molar-refractivity contribution in [3.63, 3.8) is 0 Å². The molecule has 1 aromatic heterocycles. The van der Waals surface area contributed by atoms with Crippen molar-refractivity contribution >= 4 is 49.3 Å². The van der Waals surface area contributed by atoms with Gasteiger partial charge in [-0.25, -0.2) is 0 Å². The molecule has 2 aromatic carbocycles. The lowest BCUT2D eigenvalue weighted by atomic mass is 9.67. The van der Waals surface area contributed by atoms with Crippen LogP contribution in [0.4, 0.5) is 0 Å². The Kier molecular flexibility index (Phi) is 6.61. The number of carbonyl (C=O) groups is 3. The largest absolute Gasteiger partial charge is 0.543 e. The lowest BCUT2D eigenvalue weighted by molar-refractivity contribution is -0.938. The van der Waals surface area contributed by atoms with Crippen LogP contribution in [0.15, 0.2) is 47.7 Å². The Labute approximate surface area is 254 Å². The molecule has 10 heteroatoms. The minimum absolute atomic E-state index is 0.0157. The van der Waals surface area contributed by atoms with Crippen LogP contribution in [0.1, 0.15) is 38.7 Å². The molecular weight excluding hydrogens is 566 g/mol. The van der Waals surface area contributed by atoms with E-state index in [4.69, 9.17) is 10.5 Å². The Morgan fingerprint density at radius 2 is 1.88 bits per heavy atom. The van der Waals surface area contributed by atoms with Gasteiger partial charge in [-0.2, -0.15) is 0 Å². The van der Waals surface area contributed by atoms with Crippen molar-refractivity contribution < 1.29 is 33.8 Å². The standard InChI is InChI=1S/C33H37N3O6S/c1-18-22(29(32(40)41)35-28(18)26(19(2)37)31(35)39)17-42-23-7-4-8-24-27(23)21-6-3-5-20(30(21)43-24)15-33-9-12-36(13-10-33,14-11-33)16-25(34)38/h3-8,18-19,26,28,37H,9-17H2,1-2H3,(H2-,34,38,40,41)/t18-,19?,26?,28?,33?,36?/m0/s1. The molecule has 0 aliphatic carbocycles. The molecule has 8 rings (SSSR count). The molecule has 0 saturated carbocycles. The van der Waals surface area contributed by atoms with Crippen molar-refractivity contribution in [3.05, 3.63) is 53.2 Å². The van der Waals surface area contributed by atoms with Gasteiger partial charge in [0.25, 0.3) is 5.91 Å². The Morgan fingerprint density at radius 3 is 2.53 bits per heavy atom. The number of nitrogens with two attached hydrogens (primary N) is 1. The number of ether oxygens (including phenoxy) is 1. The number of nitrogens with zero attached hydrogens (tertiary/aromatic N) is 2. The van der Waals surface area contributed by atoms with E-state index < -0.39 is 24.0 Å². The number of rotatable bonds is 9. The van der Waals surface area contributed by atoms with Crippen molar-refractivity contribution in [1.82, 2.24) is 4.90 Å². The maximum Gasteiger partial charge on any atom is 0.272 e. The second-order valence-corrected chi connectivity index (χ2v) is 14.3. The maximum atomic E-state index is 12.7. The van der Waals surface area contributed by atoms with E-state index in [0.717, 1.165) is 65.3 Å². The van der Waals surface area contributed by atoms with Crippen LogP contribution in [0.2, 0.25) is 0 Å². The Balaban J connectivity index is 1.17. The molecule has 226 valence electrons. The summed E-state index contributed by atoms with van der Waals surface area (Å²) in [5, 5.41) is 24.4. The Bertz CT molecular complexity index is 1680. The zero-order valence-corrected chi connectivity index (χ0v) is 25.3. The van der Waals surface area contributed by atoms with Gasteiger partial charge in [-0.1, -0.05) is 31.2 Å². The lowest BCUT2D eigenvalue weighted by Gasteiger charge is -2.54. The van der Waals surface area contributed by atoms with Gasteiger partial charge in [-0.15, -0.1) is 11.3 Å². The van der Waals surface area contributed by atoms with Gasteiger partial charge in [0.05, 0.1) is 49.4 Å². The summed E-state index contributed by atoms with van der Waals surface area (Å²) in [6, 6.07) is 12.0. The van der Waals surface area contributed by atoms with E-state index in [1.807, 2.05) is 19.1 Å². The van der Waals surface area contributed by atoms with Crippen LogP contribution >= 0.6 is 11.3 Å². The molecule has 4 fully saturated rings. The third kappa shape index (κ3) is 4.37. The van der Waals surface area contributed by atoms with Crippen LogP contribution < -0.4 is 15.6 Å². The fraction of sp³-hybridized carbons (Fsp3) is 0.485. The molecule has 3 N–H and O–H groups in total. The van der Waals surface area contributed by atoms with Gasteiger partial charge >= 0.3 is 0 Å². The number of thiophene rings is 1. The average molecular weight is 604 g/mol. The van der Waals surface area contributed by atoms with Crippen molar-refractivity contribution in [2.75, 3.05) is 32.8 Å². The van der Waals surface area contributed by atoms with Crippen LogP contribution in [-0.4, -0.2) is 77.2 Å². The number of amides is 2. The second-order valence-electron chi connectivity index (χ2n) is 13.3. The summed E-state index contributed by atoms with van der Waals surface area (Å²) in [6.07, 6.45) is 3.43. The number of β-lactam (4-membered cyclic amide) rings is 1. The first-order valence-electron chi connectivity index (χ1n) is 15.2. The van der Waals surface area contributed by atoms with E-state index in [9.17, 15) is 24.6 Å². The highest BCUT2D eigenvalue weighted by molar-refractivity contribution is 7.26. The third-order valence-corrected chi connectivity index (χ3v) is 12.1. The smallest absolute Gasteiger partial charge is 0.272 e. The number of fused-ring (bicyclic) bond motifs is 7. The second kappa shape index (κ2) is 10.0. The number of primary amides is 1. The van der Waals surface area contributed by atoms with Gasteiger partial charge in [0, 0.05) is 45.4 Å². The highest BCUT2D eigenvalue weighted by atomic mass is 32.1. The van der Waals surface area contributed by atoms with Crippen molar-refractivity contribution in [2.24, 2.45) is 23.0 Å². The molecule has 0 radical (unpaired) electrons. The molecule has 5 aliphatic rings. The third-order valence-electron chi connectivity index (χ3n) is 10.9. The Morgan fingerprint density at radius 1 is 1.19 bits per heavy atom. The molecule has 5 aliphatic heterocycles. The van der Waals surface area contributed by atoms with Gasteiger partial charge in [-0.3, -0.25) is 9.59 Å². The lowest BCUT2D eigenvalue weighted by Crippen LogP contribution is -2.64. The highest BCUT2D eigenvalue weighted by Gasteiger charge is 2.58. The summed E-state index contributed by atoms with van der Waals surface area (Å²) in [4.78, 5) is 37.8. The first-order valence-corrected chi connectivity index (χ1v) is 16.0. The molecule has 0 spiro atoms. The number of quaternary nitrogens is 1. The molecule has 4 saturated heterocycles. The number of hydrogen-bond acceptors (Lipinski definition) is 7. The first-order chi connectivity index (χ1) is 20.5. The fourth-order valence-electron chi connectivity index (χ4n) is 8.48. The predicted molar refractivity (Wildman–Crippen MR) is 161 cm³/mol.